The lowest BCUT2D eigenvalue weighted by Crippen LogP contribution is -2.27. The molecule has 0 bridgehead atoms. The summed E-state index contributed by atoms with van der Waals surface area (Å²) in [6.07, 6.45) is 6.82. The molecule has 1 spiro atoms. The summed E-state index contributed by atoms with van der Waals surface area (Å²) in [4.78, 5) is 10.7. The molecule has 1 saturated carbocycles. The molecule has 5 heteroatoms. The Morgan fingerprint density at radius 1 is 1.38 bits per heavy atom. The Balaban J connectivity index is 1.56. The van der Waals surface area contributed by atoms with Gasteiger partial charge in [0.25, 0.3) is 0 Å². The van der Waals surface area contributed by atoms with Gasteiger partial charge >= 0.3 is 5.97 Å². The van der Waals surface area contributed by atoms with E-state index < -0.39 is 11.8 Å². The summed E-state index contributed by atoms with van der Waals surface area (Å²) in [7, 11) is 0. The zero-order valence-electron chi connectivity index (χ0n) is 11.8. The zero-order valence-corrected chi connectivity index (χ0v) is 11.8. The molecule has 1 aromatic carbocycles. The molecule has 1 N–H and O–H groups in total. The third kappa shape index (κ3) is 3.02. The molecule has 0 radical (unpaired) electrons. The lowest BCUT2D eigenvalue weighted by Gasteiger charge is -2.23. The zero-order chi connectivity index (χ0) is 14.9. The molecule has 0 aromatic heterocycles. The number of ether oxygens (including phenoxy) is 2. The second kappa shape index (κ2) is 5.64. The number of benzene rings is 1. The highest BCUT2D eigenvalue weighted by Crippen LogP contribution is 2.43. The number of rotatable bonds is 4. The monoisotopic (exact) mass is 294 g/mol. The fourth-order valence-corrected chi connectivity index (χ4v) is 3.35. The molecule has 2 aliphatic rings. The van der Waals surface area contributed by atoms with E-state index in [0.717, 1.165) is 31.7 Å². The molecule has 1 aliphatic heterocycles. The van der Waals surface area contributed by atoms with Gasteiger partial charge in [-0.05, 0) is 37.8 Å². The second-order valence-electron chi connectivity index (χ2n) is 5.93. The fourth-order valence-electron chi connectivity index (χ4n) is 3.35. The molecule has 1 aromatic rings. The molecule has 21 heavy (non-hydrogen) atoms. The molecule has 1 unspecified atom stereocenters. The van der Waals surface area contributed by atoms with Crippen LogP contribution in [-0.4, -0.2) is 29.4 Å². The topological polar surface area (TPSA) is 55.8 Å². The molecule has 114 valence electrons. The first-order chi connectivity index (χ1) is 10.1. The lowest BCUT2D eigenvalue weighted by molar-refractivity contribution is -0.0509. The Morgan fingerprint density at radius 2 is 2.14 bits per heavy atom. The van der Waals surface area contributed by atoms with Gasteiger partial charge in [-0.3, -0.25) is 0 Å². The number of hydrogen-bond donors (Lipinski definition) is 1. The Labute approximate surface area is 122 Å². The van der Waals surface area contributed by atoms with Gasteiger partial charge in [-0.1, -0.05) is 12.8 Å². The van der Waals surface area contributed by atoms with Crippen LogP contribution in [0.25, 0.3) is 0 Å². The summed E-state index contributed by atoms with van der Waals surface area (Å²) in [6, 6.07) is 3.82. The minimum Gasteiger partial charge on any atom is -0.491 e. The van der Waals surface area contributed by atoms with Crippen LogP contribution in [0.3, 0.4) is 0 Å². The minimum absolute atomic E-state index is 0.0466. The molecule has 1 aliphatic carbocycles. The van der Waals surface area contributed by atoms with E-state index in [0.29, 0.717) is 12.4 Å². The number of carboxylic acid groups (broad SMARTS) is 1. The van der Waals surface area contributed by atoms with Crippen molar-refractivity contribution in [2.45, 2.75) is 50.2 Å². The van der Waals surface area contributed by atoms with Crippen molar-refractivity contribution in [1.82, 2.24) is 0 Å². The van der Waals surface area contributed by atoms with Gasteiger partial charge in [0, 0.05) is 6.07 Å². The van der Waals surface area contributed by atoms with E-state index in [9.17, 15) is 9.18 Å². The molecule has 1 heterocycles. The highest BCUT2D eigenvalue weighted by molar-refractivity contribution is 5.88. The fraction of sp³-hybridized carbons (Fsp3) is 0.562. The molecule has 4 nitrogen and oxygen atoms in total. The van der Waals surface area contributed by atoms with E-state index in [2.05, 4.69) is 0 Å². The van der Waals surface area contributed by atoms with E-state index >= 15 is 0 Å². The quantitative estimate of drug-likeness (QED) is 0.924. The van der Waals surface area contributed by atoms with Crippen LogP contribution in [0.1, 0.15) is 48.9 Å². The highest BCUT2D eigenvalue weighted by Gasteiger charge is 2.42. The van der Waals surface area contributed by atoms with Crippen LogP contribution < -0.4 is 4.74 Å². The SMILES string of the molecule is O=C(O)c1ccc(OCC2CCC3(CCCC3)O2)cc1F. The van der Waals surface area contributed by atoms with Crippen molar-refractivity contribution < 1.29 is 23.8 Å². The van der Waals surface area contributed by atoms with Crippen molar-refractivity contribution in [2.75, 3.05) is 6.61 Å². The van der Waals surface area contributed by atoms with E-state index in [1.54, 1.807) is 0 Å². The van der Waals surface area contributed by atoms with Crippen molar-refractivity contribution in [3.63, 3.8) is 0 Å². The normalized spacial score (nSPS) is 23.6. The third-order valence-corrected chi connectivity index (χ3v) is 4.46. The lowest BCUT2D eigenvalue weighted by atomic mass is 9.98. The average molecular weight is 294 g/mol. The maximum absolute atomic E-state index is 13.5. The number of halogens is 1. The second-order valence-corrected chi connectivity index (χ2v) is 5.93. The number of carbonyl (C=O) groups is 1. The average Bonchev–Trinajstić information content (AvgIpc) is 3.07. The van der Waals surface area contributed by atoms with Gasteiger partial charge in [0.2, 0.25) is 0 Å². The van der Waals surface area contributed by atoms with Crippen LogP contribution in [-0.2, 0) is 4.74 Å². The van der Waals surface area contributed by atoms with Gasteiger partial charge in [0.15, 0.2) is 0 Å². The molecule has 1 atom stereocenters. The van der Waals surface area contributed by atoms with Gasteiger partial charge in [-0.15, -0.1) is 0 Å². The maximum atomic E-state index is 13.5. The van der Waals surface area contributed by atoms with Crippen molar-refractivity contribution in [2.24, 2.45) is 0 Å². The first-order valence-corrected chi connectivity index (χ1v) is 7.41. The van der Waals surface area contributed by atoms with Crippen molar-refractivity contribution >= 4 is 5.97 Å². The van der Waals surface area contributed by atoms with E-state index in [4.69, 9.17) is 14.6 Å². The number of hydrogen-bond acceptors (Lipinski definition) is 3. The predicted octanol–water partition coefficient (Wildman–Crippen LogP) is 3.39. The molecule has 2 fully saturated rings. The van der Waals surface area contributed by atoms with Gasteiger partial charge in [-0.2, -0.15) is 0 Å². The van der Waals surface area contributed by atoms with Crippen LogP contribution >= 0.6 is 0 Å². The molecule has 0 amide bonds. The summed E-state index contributed by atoms with van der Waals surface area (Å²) in [5.74, 6) is -1.71. The highest BCUT2D eigenvalue weighted by atomic mass is 19.1. The first-order valence-electron chi connectivity index (χ1n) is 7.41. The van der Waals surface area contributed by atoms with Gasteiger partial charge in [0.1, 0.15) is 18.2 Å². The molecular weight excluding hydrogens is 275 g/mol. The van der Waals surface area contributed by atoms with Gasteiger partial charge in [0.05, 0.1) is 17.3 Å². The minimum atomic E-state index is -1.28. The first kappa shape index (κ1) is 14.3. The van der Waals surface area contributed by atoms with Crippen LogP contribution in [0.15, 0.2) is 18.2 Å². The van der Waals surface area contributed by atoms with E-state index in [1.165, 1.54) is 25.0 Å². The molecule has 1 saturated heterocycles. The summed E-state index contributed by atoms with van der Waals surface area (Å²) in [5.41, 5.74) is -0.281. The Kier molecular flexibility index (Phi) is 3.85. The van der Waals surface area contributed by atoms with Crippen LogP contribution in [0, 0.1) is 5.82 Å². The predicted molar refractivity (Wildman–Crippen MR) is 74.2 cm³/mol. The van der Waals surface area contributed by atoms with Crippen molar-refractivity contribution in [3.8, 4) is 5.75 Å². The summed E-state index contributed by atoms with van der Waals surface area (Å²) >= 11 is 0. The Bertz CT molecular complexity index is 537. The number of carboxylic acids is 1. The third-order valence-electron chi connectivity index (χ3n) is 4.46. The molecule has 3 rings (SSSR count). The largest absolute Gasteiger partial charge is 0.491 e. The summed E-state index contributed by atoms with van der Waals surface area (Å²) in [5, 5.41) is 8.78. The maximum Gasteiger partial charge on any atom is 0.338 e. The summed E-state index contributed by atoms with van der Waals surface area (Å²) < 4.78 is 25.2. The smallest absolute Gasteiger partial charge is 0.338 e. The van der Waals surface area contributed by atoms with Crippen molar-refractivity contribution in [1.29, 1.82) is 0 Å². The van der Waals surface area contributed by atoms with Crippen LogP contribution in [0.4, 0.5) is 4.39 Å². The van der Waals surface area contributed by atoms with Crippen LogP contribution in [0.2, 0.25) is 0 Å². The molecular formula is C16H19FO4. The van der Waals surface area contributed by atoms with Gasteiger partial charge in [-0.25, -0.2) is 9.18 Å². The Hall–Kier alpha value is -1.62. The number of aromatic carboxylic acids is 1. The standard InChI is InChI=1S/C16H19FO4/c17-14-9-11(3-4-13(14)15(18)19)20-10-12-5-8-16(21-12)6-1-2-7-16/h3-4,9,12H,1-2,5-8,10H2,(H,18,19). The van der Waals surface area contributed by atoms with E-state index in [-0.39, 0.29) is 17.3 Å². The van der Waals surface area contributed by atoms with Crippen LogP contribution in [0.5, 0.6) is 5.75 Å². The Morgan fingerprint density at radius 3 is 2.81 bits per heavy atom. The van der Waals surface area contributed by atoms with Crippen molar-refractivity contribution in [3.05, 3.63) is 29.6 Å². The van der Waals surface area contributed by atoms with Gasteiger partial charge < -0.3 is 14.6 Å². The summed E-state index contributed by atoms with van der Waals surface area (Å²) in [6.45, 7) is 0.383. The van der Waals surface area contributed by atoms with E-state index in [1.807, 2.05) is 0 Å².